The molecule has 2 rings (SSSR count). The molecule has 15 heavy (non-hydrogen) atoms. The average molecular weight is 273 g/mol. The lowest BCUT2D eigenvalue weighted by Crippen LogP contribution is -2.43. The highest BCUT2D eigenvalue weighted by atomic mass is 79.9. The van der Waals surface area contributed by atoms with Crippen molar-refractivity contribution in [1.82, 2.24) is 0 Å². The fourth-order valence-corrected chi connectivity index (χ4v) is 1.89. The number of fused-ring (bicyclic) bond motifs is 1. The van der Waals surface area contributed by atoms with Crippen LogP contribution in [0, 0.1) is 5.82 Å². The summed E-state index contributed by atoms with van der Waals surface area (Å²) in [4.78, 5) is 13.3. The van der Waals surface area contributed by atoms with E-state index in [0.717, 1.165) is 0 Å². The Bertz CT molecular complexity index is 436. The molecule has 0 aliphatic carbocycles. The van der Waals surface area contributed by atoms with Gasteiger partial charge in [0.25, 0.3) is 0 Å². The lowest BCUT2D eigenvalue weighted by atomic mass is 10.1. The van der Waals surface area contributed by atoms with Crippen LogP contribution in [0.4, 0.5) is 15.8 Å². The van der Waals surface area contributed by atoms with Crippen molar-refractivity contribution in [1.29, 1.82) is 0 Å². The smallest absolute Gasteiger partial charge is 0.246 e. The highest BCUT2D eigenvalue weighted by Gasteiger charge is 2.27. The zero-order valence-corrected chi connectivity index (χ0v) is 9.93. The van der Waals surface area contributed by atoms with E-state index in [-0.39, 0.29) is 17.8 Å². The third-order valence-electron chi connectivity index (χ3n) is 2.64. The number of hydrogen-bond donors (Lipinski definition) is 1. The van der Waals surface area contributed by atoms with Gasteiger partial charge in [-0.05, 0) is 28.9 Å². The Balaban J connectivity index is 2.56. The summed E-state index contributed by atoms with van der Waals surface area (Å²) < 4.78 is 13.7. The minimum atomic E-state index is -0.330. The van der Waals surface area contributed by atoms with Crippen LogP contribution >= 0.6 is 15.9 Å². The summed E-state index contributed by atoms with van der Waals surface area (Å²) in [6.45, 7) is 1.78. The first kappa shape index (κ1) is 10.4. The van der Waals surface area contributed by atoms with Crippen LogP contribution in [-0.4, -0.2) is 19.0 Å². The molecule has 1 atom stereocenters. The number of halogens is 2. The molecule has 5 heteroatoms. The third-order valence-corrected chi connectivity index (χ3v) is 3.24. The van der Waals surface area contributed by atoms with Gasteiger partial charge in [0.1, 0.15) is 11.9 Å². The summed E-state index contributed by atoms with van der Waals surface area (Å²) in [5.74, 6) is -0.410. The molecule has 1 heterocycles. The van der Waals surface area contributed by atoms with E-state index in [1.165, 1.54) is 6.07 Å². The van der Waals surface area contributed by atoms with Crippen LogP contribution in [0.5, 0.6) is 0 Å². The number of likely N-dealkylation sites (N-methyl/N-ethyl adjacent to an activating group) is 1. The SMILES string of the molecule is CC1C(=O)Nc2cc(Br)c(F)cc2N1C. The van der Waals surface area contributed by atoms with Crippen molar-refractivity contribution in [3.63, 3.8) is 0 Å². The van der Waals surface area contributed by atoms with Crippen LogP contribution < -0.4 is 10.2 Å². The normalized spacial score (nSPS) is 19.9. The fourth-order valence-electron chi connectivity index (χ4n) is 1.55. The van der Waals surface area contributed by atoms with Gasteiger partial charge < -0.3 is 10.2 Å². The standard InChI is InChI=1S/C10H10BrFN2O/c1-5-10(15)13-8-3-6(11)7(12)4-9(8)14(5)2/h3-5H,1-2H3,(H,13,15). The van der Waals surface area contributed by atoms with Crippen molar-refractivity contribution in [2.75, 3.05) is 17.3 Å². The predicted octanol–water partition coefficient (Wildman–Crippen LogP) is 2.37. The van der Waals surface area contributed by atoms with Gasteiger partial charge in [0.05, 0.1) is 15.8 Å². The second kappa shape index (κ2) is 3.48. The van der Waals surface area contributed by atoms with Crippen LogP contribution in [0.2, 0.25) is 0 Å². The maximum atomic E-state index is 13.3. The molecule has 0 fully saturated rings. The Labute approximate surface area is 95.4 Å². The van der Waals surface area contributed by atoms with E-state index in [2.05, 4.69) is 21.2 Å². The summed E-state index contributed by atoms with van der Waals surface area (Å²) >= 11 is 3.08. The molecule has 1 unspecified atom stereocenters. The van der Waals surface area contributed by atoms with E-state index in [0.29, 0.717) is 15.8 Å². The van der Waals surface area contributed by atoms with Crippen molar-refractivity contribution in [2.24, 2.45) is 0 Å². The Morgan fingerprint density at radius 1 is 1.53 bits per heavy atom. The minimum Gasteiger partial charge on any atom is -0.361 e. The fraction of sp³-hybridized carbons (Fsp3) is 0.300. The predicted molar refractivity (Wildman–Crippen MR) is 60.6 cm³/mol. The van der Waals surface area contributed by atoms with Crippen LogP contribution in [0.1, 0.15) is 6.92 Å². The van der Waals surface area contributed by atoms with E-state index in [1.54, 1.807) is 24.9 Å². The molecule has 1 aliphatic rings. The van der Waals surface area contributed by atoms with Gasteiger partial charge in [0.15, 0.2) is 0 Å². The molecule has 3 nitrogen and oxygen atoms in total. The first-order valence-electron chi connectivity index (χ1n) is 4.53. The van der Waals surface area contributed by atoms with Gasteiger partial charge in [-0.2, -0.15) is 0 Å². The van der Waals surface area contributed by atoms with E-state index >= 15 is 0 Å². The second-order valence-corrected chi connectivity index (χ2v) is 4.41. The third kappa shape index (κ3) is 1.61. The van der Waals surface area contributed by atoms with Crippen LogP contribution in [-0.2, 0) is 4.79 Å². The Kier molecular flexibility index (Phi) is 2.42. The average Bonchev–Trinajstić information content (AvgIpc) is 2.19. The first-order valence-corrected chi connectivity index (χ1v) is 5.32. The van der Waals surface area contributed by atoms with E-state index < -0.39 is 0 Å². The van der Waals surface area contributed by atoms with Crippen LogP contribution in [0.25, 0.3) is 0 Å². The molecule has 1 aromatic carbocycles. The van der Waals surface area contributed by atoms with E-state index in [9.17, 15) is 9.18 Å². The topological polar surface area (TPSA) is 32.3 Å². The number of anilines is 2. The monoisotopic (exact) mass is 272 g/mol. The Morgan fingerprint density at radius 3 is 2.87 bits per heavy atom. The highest BCUT2D eigenvalue weighted by molar-refractivity contribution is 9.10. The molecule has 0 saturated heterocycles. The highest BCUT2D eigenvalue weighted by Crippen LogP contribution is 2.34. The largest absolute Gasteiger partial charge is 0.361 e. The van der Waals surface area contributed by atoms with Crippen molar-refractivity contribution >= 4 is 33.2 Å². The summed E-state index contributed by atoms with van der Waals surface area (Å²) in [6, 6.07) is 2.71. The zero-order valence-electron chi connectivity index (χ0n) is 8.34. The number of benzene rings is 1. The van der Waals surface area contributed by atoms with Crippen molar-refractivity contribution in [3.05, 3.63) is 22.4 Å². The summed E-state index contributed by atoms with van der Waals surface area (Å²) in [6.07, 6.45) is 0. The Hall–Kier alpha value is -1.10. The number of rotatable bonds is 0. The summed E-state index contributed by atoms with van der Waals surface area (Å²) in [5, 5.41) is 2.73. The number of carbonyl (C=O) groups excluding carboxylic acids is 1. The molecule has 80 valence electrons. The van der Waals surface area contributed by atoms with Gasteiger partial charge in [-0.15, -0.1) is 0 Å². The number of amides is 1. The zero-order chi connectivity index (χ0) is 11.2. The first-order chi connectivity index (χ1) is 7.00. The second-order valence-electron chi connectivity index (χ2n) is 3.56. The lowest BCUT2D eigenvalue weighted by molar-refractivity contribution is -0.117. The van der Waals surface area contributed by atoms with E-state index in [1.807, 2.05) is 0 Å². The molecular formula is C10H10BrFN2O. The summed E-state index contributed by atoms with van der Waals surface area (Å²) in [7, 11) is 1.77. The lowest BCUT2D eigenvalue weighted by Gasteiger charge is -2.33. The molecule has 1 aromatic rings. The Morgan fingerprint density at radius 2 is 2.20 bits per heavy atom. The number of carbonyl (C=O) groups is 1. The van der Waals surface area contributed by atoms with Crippen LogP contribution in [0.3, 0.4) is 0 Å². The van der Waals surface area contributed by atoms with Crippen molar-refractivity contribution in [3.8, 4) is 0 Å². The van der Waals surface area contributed by atoms with Crippen LogP contribution in [0.15, 0.2) is 16.6 Å². The molecular weight excluding hydrogens is 263 g/mol. The molecule has 0 saturated carbocycles. The quantitative estimate of drug-likeness (QED) is 0.787. The molecule has 0 bridgehead atoms. The van der Waals surface area contributed by atoms with Gasteiger partial charge in [0.2, 0.25) is 5.91 Å². The van der Waals surface area contributed by atoms with Gasteiger partial charge in [-0.3, -0.25) is 4.79 Å². The molecule has 0 aromatic heterocycles. The number of hydrogen-bond acceptors (Lipinski definition) is 2. The van der Waals surface area contributed by atoms with E-state index in [4.69, 9.17) is 0 Å². The van der Waals surface area contributed by atoms with Gasteiger partial charge in [-0.1, -0.05) is 0 Å². The summed E-state index contributed by atoms with van der Waals surface area (Å²) in [5.41, 5.74) is 1.33. The number of nitrogens with one attached hydrogen (secondary N) is 1. The number of nitrogens with zero attached hydrogens (tertiary/aromatic N) is 1. The van der Waals surface area contributed by atoms with Gasteiger partial charge in [-0.25, -0.2) is 4.39 Å². The van der Waals surface area contributed by atoms with Gasteiger partial charge in [0, 0.05) is 13.1 Å². The maximum Gasteiger partial charge on any atom is 0.246 e. The molecule has 0 spiro atoms. The van der Waals surface area contributed by atoms with Gasteiger partial charge >= 0.3 is 0 Å². The minimum absolute atomic E-state index is 0.0801. The van der Waals surface area contributed by atoms with Crippen molar-refractivity contribution < 1.29 is 9.18 Å². The molecule has 1 N–H and O–H groups in total. The molecule has 1 amide bonds. The maximum absolute atomic E-state index is 13.3. The molecule has 0 radical (unpaired) electrons. The molecule has 1 aliphatic heterocycles. The van der Waals surface area contributed by atoms with Crippen molar-refractivity contribution in [2.45, 2.75) is 13.0 Å².